The fourth-order valence-electron chi connectivity index (χ4n) is 2.27. The number of methoxy groups -OCH3 is 1. The first-order valence-corrected chi connectivity index (χ1v) is 7.17. The van der Waals surface area contributed by atoms with Gasteiger partial charge in [-0.15, -0.1) is 0 Å². The van der Waals surface area contributed by atoms with Gasteiger partial charge in [0.25, 0.3) is 0 Å². The number of hydrogen-bond acceptors (Lipinski definition) is 3. The molecule has 0 bridgehead atoms. The summed E-state index contributed by atoms with van der Waals surface area (Å²) in [7, 11) is 3.34. The van der Waals surface area contributed by atoms with Crippen molar-refractivity contribution >= 4 is 5.91 Å². The fraction of sp³-hybridized carbons (Fsp3) is 0.375. The summed E-state index contributed by atoms with van der Waals surface area (Å²) in [6, 6.07) is 3.12. The molecule has 1 aromatic carbocycles. The normalized spacial score (nSPS) is 10.8. The third-order valence-electron chi connectivity index (χ3n) is 3.33. The average Bonchev–Trinajstić information content (AvgIpc) is 2.87. The molecule has 0 radical (unpaired) electrons. The Morgan fingerprint density at radius 3 is 2.52 bits per heavy atom. The molecular formula is C16H19F2N3O2. The Morgan fingerprint density at radius 1 is 1.26 bits per heavy atom. The molecule has 2 aromatic rings. The summed E-state index contributed by atoms with van der Waals surface area (Å²) < 4.78 is 33.1. The van der Waals surface area contributed by atoms with Crippen LogP contribution in [0.25, 0.3) is 0 Å². The van der Waals surface area contributed by atoms with E-state index in [9.17, 15) is 13.6 Å². The Morgan fingerprint density at radius 2 is 1.96 bits per heavy atom. The number of benzene rings is 1. The van der Waals surface area contributed by atoms with Crippen molar-refractivity contribution in [1.82, 2.24) is 14.7 Å². The first-order chi connectivity index (χ1) is 11.0. The van der Waals surface area contributed by atoms with Crippen molar-refractivity contribution in [3.63, 3.8) is 0 Å². The van der Waals surface area contributed by atoms with Crippen LogP contribution in [0.15, 0.2) is 30.6 Å². The zero-order valence-electron chi connectivity index (χ0n) is 13.1. The molecular weight excluding hydrogens is 304 g/mol. The molecule has 1 aromatic heterocycles. The highest BCUT2D eigenvalue weighted by atomic mass is 19.1. The van der Waals surface area contributed by atoms with Crippen LogP contribution in [0.2, 0.25) is 0 Å². The second-order valence-electron chi connectivity index (χ2n) is 5.28. The smallest absolute Gasteiger partial charge is 0.227 e. The molecule has 7 heteroatoms. The molecule has 1 amide bonds. The van der Waals surface area contributed by atoms with Gasteiger partial charge in [0, 0.05) is 45.1 Å². The lowest BCUT2D eigenvalue weighted by molar-refractivity contribution is -0.131. The third-order valence-corrected chi connectivity index (χ3v) is 3.33. The molecule has 0 unspecified atom stereocenters. The molecule has 0 fully saturated rings. The molecule has 124 valence electrons. The Hall–Kier alpha value is -2.28. The van der Waals surface area contributed by atoms with Crippen LogP contribution in [-0.4, -0.2) is 40.8 Å². The van der Waals surface area contributed by atoms with Crippen LogP contribution in [-0.2, 0) is 29.5 Å². The SMILES string of the molecule is COCCN(Cc1cnn(C)c1)C(=O)Cc1cc(F)cc(F)c1. The highest BCUT2D eigenvalue weighted by Crippen LogP contribution is 2.11. The summed E-state index contributed by atoms with van der Waals surface area (Å²) in [5.41, 5.74) is 1.18. The summed E-state index contributed by atoms with van der Waals surface area (Å²) in [6.45, 7) is 1.14. The maximum Gasteiger partial charge on any atom is 0.227 e. The van der Waals surface area contributed by atoms with E-state index in [4.69, 9.17) is 4.74 Å². The number of nitrogens with zero attached hydrogens (tertiary/aromatic N) is 3. The average molecular weight is 323 g/mol. The molecule has 0 saturated carbocycles. The van der Waals surface area contributed by atoms with Gasteiger partial charge in [-0.25, -0.2) is 8.78 Å². The number of rotatable bonds is 7. The fourth-order valence-corrected chi connectivity index (χ4v) is 2.27. The molecule has 1 heterocycles. The first-order valence-electron chi connectivity index (χ1n) is 7.17. The van der Waals surface area contributed by atoms with Crippen molar-refractivity contribution < 1.29 is 18.3 Å². The van der Waals surface area contributed by atoms with Crippen LogP contribution < -0.4 is 0 Å². The Labute approximate surface area is 133 Å². The number of aryl methyl sites for hydroxylation is 1. The lowest BCUT2D eigenvalue weighted by Gasteiger charge is -2.22. The van der Waals surface area contributed by atoms with Gasteiger partial charge in [0.15, 0.2) is 0 Å². The van der Waals surface area contributed by atoms with Gasteiger partial charge in [0.2, 0.25) is 5.91 Å². The second-order valence-corrected chi connectivity index (χ2v) is 5.28. The van der Waals surface area contributed by atoms with Gasteiger partial charge in [0.05, 0.1) is 19.2 Å². The molecule has 0 aliphatic carbocycles. The van der Waals surface area contributed by atoms with Crippen LogP contribution >= 0.6 is 0 Å². The van der Waals surface area contributed by atoms with Crippen LogP contribution in [0, 0.1) is 11.6 Å². The van der Waals surface area contributed by atoms with E-state index in [1.54, 1.807) is 29.9 Å². The van der Waals surface area contributed by atoms with Crippen molar-refractivity contribution in [3.8, 4) is 0 Å². The van der Waals surface area contributed by atoms with Gasteiger partial charge in [-0.2, -0.15) is 5.10 Å². The number of ether oxygens (including phenoxy) is 1. The summed E-state index contributed by atoms with van der Waals surface area (Å²) >= 11 is 0. The van der Waals surface area contributed by atoms with Gasteiger partial charge < -0.3 is 9.64 Å². The van der Waals surface area contributed by atoms with E-state index in [0.29, 0.717) is 25.3 Å². The maximum atomic E-state index is 13.2. The topological polar surface area (TPSA) is 47.4 Å². The predicted molar refractivity (Wildman–Crippen MR) is 80.6 cm³/mol. The number of carbonyl (C=O) groups is 1. The molecule has 2 rings (SSSR count). The van der Waals surface area contributed by atoms with Crippen molar-refractivity contribution in [1.29, 1.82) is 0 Å². The molecule has 23 heavy (non-hydrogen) atoms. The standard InChI is InChI=1S/C16H19F2N3O2/c1-20-10-13(9-19-20)11-21(3-4-23-2)16(22)7-12-5-14(17)8-15(18)6-12/h5-6,8-10H,3-4,7,11H2,1-2H3. The minimum atomic E-state index is -0.691. The highest BCUT2D eigenvalue weighted by Gasteiger charge is 2.16. The molecule has 0 N–H and O–H groups in total. The van der Waals surface area contributed by atoms with E-state index in [0.717, 1.165) is 11.6 Å². The Bertz CT molecular complexity index is 653. The van der Waals surface area contributed by atoms with Gasteiger partial charge in [-0.05, 0) is 17.7 Å². The largest absolute Gasteiger partial charge is 0.383 e. The van der Waals surface area contributed by atoms with Gasteiger partial charge in [0.1, 0.15) is 11.6 Å². The summed E-state index contributed by atoms with van der Waals surface area (Å²) in [5, 5.41) is 4.06. The number of carbonyl (C=O) groups excluding carboxylic acids is 1. The van der Waals surface area contributed by atoms with Crippen molar-refractivity contribution in [2.75, 3.05) is 20.3 Å². The van der Waals surface area contributed by atoms with Gasteiger partial charge >= 0.3 is 0 Å². The number of halogens is 2. The van der Waals surface area contributed by atoms with E-state index in [-0.39, 0.29) is 12.3 Å². The first kappa shape index (κ1) is 17.1. The molecule has 0 saturated heterocycles. The van der Waals surface area contributed by atoms with E-state index in [1.807, 2.05) is 6.20 Å². The van der Waals surface area contributed by atoms with Gasteiger partial charge in [-0.1, -0.05) is 0 Å². The lowest BCUT2D eigenvalue weighted by Crippen LogP contribution is -2.34. The minimum absolute atomic E-state index is 0.0708. The van der Waals surface area contributed by atoms with Crippen LogP contribution in [0.4, 0.5) is 8.78 Å². The quantitative estimate of drug-likeness (QED) is 0.782. The Kier molecular flexibility index (Phi) is 5.81. The second kappa shape index (κ2) is 7.82. The molecule has 0 atom stereocenters. The van der Waals surface area contributed by atoms with Gasteiger partial charge in [-0.3, -0.25) is 9.48 Å². The summed E-state index contributed by atoms with van der Waals surface area (Å²) in [5.74, 6) is -1.61. The summed E-state index contributed by atoms with van der Waals surface area (Å²) in [6.07, 6.45) is 3.42. The van der Waals surface area contributed by atoms with Crippen LogP contribution in [0.1, 0.15) is 11.1 Å². The predicted octanol–water partition coefficient (Wildman–Crippen LogP) is 1.92. The molecule has 0 aliphatic heterocycles. The lowest BCUT2D eigenvalue weighted by atomic mass is 10.1. The zero-order chi connectivity index (χ0) is 16.8. The van der Waals surface area contributed by atoms with E-state index in [2.05, 4.69) is 5.10 Å². The summed E-state index contributed by atoms with van der Waals surface area (Å²) in [4.78, 5) is 14.0. The number of amides is 1. The molecule has 0 spiro atoms. The van der Waals surface area contributed by atoms with Crippen molar-refractivity contribution in [3.05, 3.63) is 53.4 Å². The van der Waals surface area contributed by atoms with Crippen LogP contribution in [0.5, 0.6) is 0 Å². The Balaban J connectivity index is 2.08. The van der Waals surface area contributed by atoms with Crippen LogP contribution in [0.3, 0.4) is 0 Å². The van der Waals surface area contributed by atoms with Crippen molar-refractivity contribution in [2.24, 2.45) is 7.05 Å². The molecule has 0 aliphatic rings. The van der Waals surface area contributed by atoms with E-state index in [1.165, 1.54) is 12.1 Å². The van der Waals surface area contributed by atoms with E-state index >= 15 is 0 Å². The highest BCUT2D eigenvalue weighted by molar-refractivity contribution is 5.78. The number of hydrogen-bond donors (Lipinski definition) is 0. The maximum absolute atomic E-state index is 13.2. The number of aromatic nitrogens is 2. The third kappa shape index (κ3) is 5.14. The van der Waals surface area contributed by atoms with E-state index < -0.39 is 11.6 Å². The minimum Gasteiger partial charge on any atom is -0.383 e. The van der Waals surface area contributed by atoms with Crippen molar-refractivity contribution in [2.45, 2.75) is 13.0 Å². The molecule has 5 nitrogen and oxygen atoms in total. The zero-order valence-corrected chi connectivity index (χ0v) is 13.1. The monoisotopic (exact) mass is 323 g/mol.